The van der Waals surface area contributed by atoms with Gasteiger partial charge in [-0.3, -0.25) is 0 Å². The molecular formula is C15H16Si. The summed E-state index contributed by atoms with van der Waals surface area (Å²) in [5.41, 5.74) is 0. The van der Waals surface area contributed by atoms with Crippen LogP contribution in [-0.2, 0) is 0 Å². The van der Waals surface area contributed by atoms with Crippen molar-refractivity contribution in [3.63, 3.8) is 0 Å². The summed E-state index contributed by atoms with van der Waals surface area (Å²) in [4.78, 5) is 0. The average Bonchev–Trinajstić information content (AvgIpc) is 2.38. The van der Waals surface area contributed by atoms with E-state index < -0.39 is 8.80 Å². The maximum Gasteiger partial charge on any atom is 0.106 e. The molecule has 0 N–H and O–H groups in total. The van der Waals surface area contributed by atoms with Crippen molar-refractivity contribution in [2.75, 3.05) is 0 Å². The van der Waals surface area contributed by atoms with Crippen LogP contribution in [0.4, 0.5) is 0 Å². The highest BCUT2D eigenvalue weighted by atomic mass is 28.3. The first kappa shape index (κ1) is 10.9. The third-order valence-corrected chi connectivity index (χ3v) is 5.99. The molecule has 0 aliphatic carbocycles. The van der Waals surface area contributed by atoms with Crippen molar-refractivity contribution in [1.82, 2.24) is 0 Å². The minimum absolute atomic E-state index is 1.07. The van der Waals surface area contributed by atoms with Crippen molar-refractivity contribution in [2.24, 2.45) is 0 Å². The molecule has 1 heteroatoms. The van der Waals surface area contributed by atoms with Crippen molar-refractivity contribution in [1.29, 1.82) is 0 Å². The molecule has 0 nitrogen and oxygen atoms in total. The molecule has 80 valence electrons. The predicted molar refractivity (Wildman–Crippen MR) is 74.3 cm³/mol. The lowest BCUT2D eigenvalue weighted by Crippen LogP contribution is -2.41. The van der Waals surface area contributed by atoms with Crippen LogP contribution in [0.15, 0.2) is 73.3 Å². The van der Waals surface area contributed by atoms with Crippen LogP contribution in [0.25, 0.3) is 0 Å². The molecule has 0 aromatic heterocycles. The molecular weight excluding hydrogens is 208 g/mol. The Morgan fingerprint density at radius 3 is 1.62 bits per heavy atom. The molecule has 0 unspecified atom stereocenters. The van der Waals surface area contributed by atoms with E-state index in [0.717, 1.165) is 6.04 Å². The number of benzene rings is 2. The molecule has 0 atom stereocenters. The van der Waals surface area contributed by atoms with Crippen molar-refractivity contribution in [3.8, 4) is 0 Å². The fourth-order valence-corrected chi connectivity index (χ4v) is 4.64. The first-order valence-corrected chi connectivity index (χ1v) is 7.59. The van der Waals surface area contributed by atoms with Gasteiger partial charge in [-0.1, -0.05) is 77.1 Å². The highest BCUT2D eigenvalue weighted by Gasteiger charge is 2.13. The van der Waals surface area contributed by atoms with Crippen molar-refractivity contribution >= 4 is 19.2 Å². The van der Waals surface area contributed by atoms with E-state index in [9.17, 15) is 0 Å². The number of allylic oxidation sites excluding steroid dienone is 1. The smallest absolute Gasteiger partial charge is 0.103 e. The second-order valence-corrected chi connectivity index (χ2v) is 6.81. The zero-order valence-corrected chi connectivity index (χ0v) is 10.5. The Balaban J connectivity index is 2.35. The number of hydrogen-bond acceptors (Lipinski definition) is 0. The molecule has 0 bridgehead atoms. The largest absolute Gasteiger partial charge is 0.106 e. The van der Waals surface area contributed by atoms with Crippen LogP contribution in [0.3, 0.4) is 0 Å². The molecule has 0 heterocycles. The second-order valence-electron chi connectivity index (χ2n) is 3.90. The topological polar surface area (TPSA) is 0 Å². The van der Waals surface area contributed by atoms with Gasteiger partial charge in [-0.15, -0.1) is 6.58 Å². The van der Waals surface area contributed by atoms with E-state index in [1.807, 2.05) is 0 Å². The Labute approximate surface area is 98.9 Å². The average molecular weight is 224 g/mol. The number of rotatable bonds is 4. The highest BCUT2D eigenvalue weighted by Crippen LogP contribution is 1.98. The van der Waals surface area contributed by atoms with Crippen LogP contribution in [0, 0.1) is 0 Å². The fourth-order valence-electron chi connectivity index (χ4n) is 2.00. The summed E-state index contributed by atoms with van der Waals surface area (Å²) < 4.78 is 0. The van der Waals surface area contributed by atoms with Gasteiger partial charge in [0.2, 0.25) is 0 Å². The molecule has 0 spiro atoms. The molecule has 16 heavy (non-hydrogen) atoms. The van der Waals surface area contributed by atoms with Gasteiger partial charge >= 0.3 is 0 Å². The van der Waals surface area contributed by atoms with Crippen molar-refractivity contribution in [3.05, 3.63) is 73.3 Å². The molecule has 0 saturated carbocycles. The minimum Gasteiger partial charge on any atom is -0.103 e. The third-order valence-electron chi connectivity index (χ3n) is 2.81. The molecule has 2 aromatic rings. The van der Waals surface area contributed by atoms with E-state index >= 15 is 0 Å². The van der Waals surface area contributed by atoms with Crippen LogP contribution < -0.4 is 10.4 Å². The summed E-state index contributed by atoms with van der Waals surface area (Å²) in [6, 6.07) is 22.8. The van der Waals surface area contributed by atoms with Gasteiger partial charge in [0.15, 0.2) is 0 Å². The molecule has 0 fully saturated rings. The monoisotopic (exact) mass is 224 g/mol. The Kier molecular flexibility index (Phi) is 3.73. The summed E-state index contributed by atoms with van der Waals surface area (Å²) in [5.74, 6) is 0. The maximum absolute atomic E-state index is 3.89. The molecule has 2 rings (SSSR count). The lowest BCUT2D eigenvalue weighted by Gasteiger charge is -2.14. The normalized spacial score (nSPS) is 10.3. The zero-order valence-electron chi connectivity index (χ0n) is 9.34. The van der Waals surface area contributed by atoms with Crippen LogP contribution in [-0.4, -0.2) is 8.80 Å². The van der Waals surface area contributed by atoms with Crippen molar-refractivity contribution < 1.29 is 0 Å². The summed E-state index contributed by atoms with van der Waals surface area (Å²) in [6.07, 6.45) is 2.05. The fraction of sp³-hybridized carbons (Fsp3) is 0.0667. The van der Waals surface area contributed by atoms with Gasteiger partial charge in [0, 0.05) is 0 Å². The van der Waals surface area contributed by atoms with E-state index in [1.54, 1.807) is 0 Å². The lowest BCUT2D eigenvalue weighted by atomic mass is 10.4. The maximum atomic E-state index is 3.89. The molecule has 0 amide bonds. The van der Waals surface area contributed by atoms with Crippen LogP contribution in [0.5, 0.6) is 0 Å². The summed E-state index contributed by atoms with van der Waals surface area (Å²) in [5, 5.41) is 2.99. The quantitative estimate of drug-likeness (QED) is 0.552. The van der Waals surface area contributed by atoms with Gasteiger partial charge in [-0.05, 0) is 6.04 Å². The van der Waals surface area contributed by atoms with Gasteiger partial charge in [0.1, 0.15) is 8.80 Å². The van der Waals surface area contributed by atoms with E-state index in [0.29, 0.717) is 0 Å². The number of hydrogen-bond donors (Lipinski definition) is 0. The van der Waals surface area contributed by atoms with Gasteiger partial charge in [-0.2, -0.15) is 0 Å². The zero-order chi connectivity index (χ0) is 11.2. The standard InChI is InChI=1S/C15H16Si/c1-2-13-16(14-9-5-3-6-10-14)15-11-7-4-8-12-15/h2-12,16H,1,13H2. The summed E-state index contributed by atoms with van der Waals surface area (Å²) in [7, 11) is -1.07. The Hall–Kier alpha value is -1.60. The Morgan fingerprint density at radius 2 is 1.25 bits per heavy atom. The van der Waals surface area contributed by atoms with Gasteiger partial charge in [-0.25, -0.2) is 0 Å². The van der Waals surface area contributed by atoms with Crippen LogP contribution in [0.2, 0.25) is 6.04 Å². The predicted octanol–water partition coefficient (Wildman–Crippen LogP) is 2.21. The Bertz CT molecular complexity index is 394. The molecule has 0 saturated heterocycles. The van der Waals surface area contributed by atoms with E-state index in [4.69, 9.17) is 0 Å². The van der Waals surface area contributed by atoms with E-state index in [2.05, 4.69) is 73.3 Å². The molecule has 0 aliphatic heterocycles. The first-order chi connectivity index (χ1) is 7.92. The third kappa shape index (κ3) is 2.50. The van der Waals surface area contributed by atoms with Crippen LogP contribution in [0.1, 0.15) is 0 Å². The van der Waals surface area contributed by atoms with E-state index in [-0.39, 0.29) is 0 Å². The van der Waals surface area contributed by atoms with Gasteiger partial charge in [0.05, 0.1) is 0 Å². The Morgan fingerprint density at radius 1 is 0.812 bits per heavy atom. The van der Waals surface area contributed by atoms with Crippen LogP contribution >= 0.6 is 0 Å². The summed E-state index contributed by atoms with van der Waals surface area (Å²) in [6.45, 7) is 3.89. The molecule has 0 aliphatic rings. The second kappa shape index (κ2) is 5.47. The minimum atomic E-state index is -1.07. The molecule has 0 radical (unpaired) electrons. The SMILES string of the molecule is C=CC[SiH](c1ccccc1)c1ccccc1. The first-order valence-electron chi connectivity index (χ1n) is 5.62. The van der Waals surface area contributed by atoms with Crippen molar-refractivity contribution in [2.45, 2.75) is 6.04 Å². The highest BCUT2D eigenvalue weighted by molar-refractivity contribution is 6.85. The lowest BCUT2D eigenvalue weighted by molar-refractivity contribution is 1.63. The summed E-state index contributed by atoms with van der Waals surface area (Å²) >= 11 is 0. The van der Waals surface area contributed by atoms with Gasteiger partial charge in [0.25, 0.3) is 0 Å². The molecule has 2 aromatic carbocycles. The van der Waals surface area contributed by atoms with E-state index in [1.165, 1.54) is 10.4 Å². The van der Waals surface area contributed by atoms with Gasteiger partial charge < -0.3 is 0 Å².